The van der Waals surface area contributed by atoms with Crippen molar-refractivity contribution in [2.45, 2.75) is 45.0 Å². The van der Waals surface area contributed by atoms with Gasteiger partial charge in [-0.05, 0) is 37.5 Å². The number of ether oxygens (including phenoxy) is 1. The fourth-order valence-electron chi connectivity index (χ4n) is 3.36. The number of rotatable bonds is 6. The molecule has 1 atom stereocenters. The van der Waals surface area contributed by atoms with Gasteiger partial charge in [0, 0.05) is 25.2 Å². The van der Waals surface area contributed by atoms with Crippen molar-refractivity contribution in [2.75, 3.05) is 13.2 Å². The molecule has 28 heavy (non-hydrogen) atoms. The summed E-state index contributed by atoms with van der Waals surface area (Å²) >= 11 is 0. The van der Waals surface area contributed by atoms with Crippen LogP contribution >= 0.6 is 0 Å². The molecule has 1 aliphatic heterocycles. The highest BCUT2D eigenvalue weighted by Gasteiger charge is 2.35. The van der Waals surface area contributed by atoms with Gasteiger partial charge in [-0.2, -0.15) is 5.10 Å². The summed E-state index contributed by atoms with van der Waals surface area (Å²) in [6, 6.07) is 9.43. The van der Waals surface area contributed by atoms with Crippen molar-refractivity contribution in [1.29, 1.82) is 0 Å². The van der Waals surface area contributed by atoms with E-state index in [2.05, 4.69) is 10.4 Å². The Morgan fingerprint density at radius 1 is 1.36 bits per heavy atom. The maximum atomic E-state index is 13.1. The van der Waals surface area contributed by atoms with Gasteiger partial charge in [0.05, 0.1) is 19.3 Å². The molecule has 1 aromatic carbocycles. The van der Waals surface area contributed by atoms with E-state index in [1.54, 1.807) is 0 Å². The molecule has 2 amide bonds. The molecule has 8 nitrogen and oxygen atoms in total. The van der Waals surface area contributed by atoms with Gasteiger partial charge in [-0.25, -0.2) is 0 Å². The zero-order valence-electron chi connectivity index (χ0n) is 15.8. The quantitative estimate of drug-likeness (QED) is 0.780. The number of carbonyl (C=O) groups excluding carboxylic acids is 2. The number of aliphatic hydroxyl groups excluding tert-OH is 1. The fourth-order valence-corrected chi connectivity index (χ4v) is 3.36. The summed E-state index contributed by atoms with van der Waals surface area (Å²) < 4.78 is 6.89. The summed E-state index contributed by atoms with van der Waals surface area (Å²) in [5.74, 6) is 0.282. The molecule has 2 heterocycles. The van der Waals surface area contributed by atoms with Gasteiger partial charge in [-0.3, -0.25) is 14.3 Å². The first-order valence-electron chi connectivity index (χ1n) is 9.62. The molecule has 0 radical (unpaired) electrons. The standard InChI is InChI=1S/C20H24N4O4/c1-2-28-16-7-3-13(4-8-16)11-23(14-5-6-14)20(27)17-9-18-19(26)21-10-15(25)12-24(18)22-17/h3-4,7-9,14-15,25H,2,5-6,10-12H2,1H3,(H,21,26). The third-order valence-corrected chi connectivity index (χ3v) is 4.95. The van der Waals surface area contributed by atoms with E-state index in [0.29, 0.717) is 18.8 Å². The lowest BCUT2D eigenvalue weighted by Gasteiger charge is -2.21. The Morgan fingerprint density at radius 3 is 2.79 bits per heavy atom. The predicted molar refractivity (Wildman–Crippen MR) is 101 cm³/mol. The van der Waals surface area contributed by atoms with E-state index in [1.807, 2.05) is 36.1 Å². The van der Waals surface area contributed by atoms with E-state index >= 15 is 0 Å². The Morgan fingerprint density at radius 2 is 2.11 bits per heavy atom. The van der Waals surface area contributed by atoms with Crippen molar-refractivity contribution in [2.24, 2.45) is 0 Å². The van der Waals surface area contributed by atoms with Crippen LogP contribution in [0, 0.1) is 0 Å². The van der Waals surface area contributed by atoms with Crippen molar-refractivity contribution in [1.82, 2.24) is 20.0 Å². The Bertz CT molecular complexity index is 873. The second kappa shape index (κ2) is 7.63. The maximum Gasteiger partial charge on any atom is 0.274 e. The van der Waals surface area contributed by atoms with Crippen LogP contribution in [0.25, 0.3) is 0 Å². The van der Waals surface area contributed by atoms with E-state index < -0.39 is 6.10 Å². The minimum Gasteiger partial charge on any atom is -0.494 e. The van der Waals surface area contributed by atoms with E-state index in [1.165, 1.54) is 10.7 Å². The van der Waals surface area contributed by atoms with Crippen LogP contribution in [0.1, 0.15) is 46.3 Å². The van der Waals surface area contributed by atoms with Gasteiger partial charge in [0.15, 0.2) is 5.69 Å². The maximum absolute atomic E-state index is 13.1. The van der Waals surface area contributed by atoms with Crippen molar-refractivity contribution < 1.29 is 19.4 Å². The highest BCUT2D eigenvalue weighted by Crippen LogP contribution is 2.30. The number of nitrogens with one attached hydrogen (secondary N) is 1. The number of fused-ring (bicyclic) bond motifs is 1. The SMILES string of the molecule is CCOc1ccc(CN(C(=O)c2cc3n(n2)CC(O)CNC3=O)C2CC2)cc1. The largest absolute Gasteiger partial charge is 0.494 e. The van der Waals surface area contributed by atoms with Crippen molar-refractivity contribution >= 4 is 11.8 Å². The van der Waals surface area contributed by atoms with Crippen LogP contribution < -0.4 is 10.1 Å². The molecule has 4 rings (SSSR count). The fraction of sp³-hybridized carbons (Fsp3) is 0.450. The van der Waals surface area contributed by atoms with Crippen LogP contribution in [-0.2, 0) is 13.1 Å². The van der Waals surface area contributed by atoms with E-state index in [-0.39, 0.29) is 36.6 Å². The summed E-state index contributed by atoms with van der Waals surface area (Å²) in [6.45, 7) is 3.39. The minimum absolute atomic E-state index is 0.178. The van der Waals surface area contributed by atoms with Gasteiger partial charge >= 0.3 is 0 Å². The molecule has 0 spiro atoms. The number of hydrogen-bond acceptors (Lipinski definition) is 5. The molecule has 8 heteroatoms. The lowest BCUT2D eigenvalue weighted by atomic mass is 10.2. The Labute approximate surface area is 163 Å². The van der Waals surface area contributed by atoms with E-state index in [4.69, 9.17) is 4.74 Å². The van der Waals surface area contributed by atoms with Gasteiger partial charge in [0.25, 0.3) is 11.8 Å². The number of β-amino-alcohol motifs (C(OH)–C–C–N with tert-alkyl or cyclic N) is 1. The molecule has 0 saturated heterocycles. The van der Waals surface area contributed by atoms with Gasteiger partial charge in [-0.15, -0.1) is 0 Å². The molecule has 1 aromatic heterocycles. The van der Waals surface area contributed by atoms with Gasteiger partial charge in [0.2, 0.25) is 0 Å². The Hall–Kier alpha value is -2.87. The first-order valence-corrected chi connectivity index (χ1v) is 9.62. The Balaban J connectivity index is 1.54. The molecule has 148 valence electrons. The normalized spacial score (nSPS) is 18.8. The average molecular weight is 384 g/mol. The molecule has 1 fully saturated rings. The summed E-state index contributed by atoms with van der Waals surface area (Å²) in [5.41, 5.74) is 1.55. The first kappa shape index (κ1) is 18.5. The third kappa shape index (κ3) is 3.87. The monoisotopic (exact) mass is 384 g/mol. The summed E-state index contributed by atoms with van der Waals surface area (Å²) in [4.78, 5) is 27.1. The van der Waals surface area contributed by atoms with Crippen LogP contribution in [0.4, 0.5) is 0 Å². The molecule has 2 N–H and O–H groups in total. The number of aliphatic hydroxyl groups is 1. The van der Waals surface area contributed by atoms with Gasteiger partial charge in [-0.1, -0.05) is 12.1 Å². The highest BCUT2D eigenvalue weighted by molar-refractivity contribution is 5.98. The number of hydrogen-bond donors (Lipinski definition) is 2. The van der Waals surface area contributed by atoms with Gasteiger partial charge in [0.1, 0.15) is 11.4 Å². The highest BCUT2D eigenvalue weighted by atomic mass is 16.5. The molecular weight excluding hydrogens is 360 g/mol. The molecule has 2 aliphatic rings. The summed E-state index contributed by atoms with van der Waals surface area (Å²) in [7, 11) is 0. The number of nitrogens with zero attached hydrogens (tertiary/aromatic N) is 3. The van der Waals surface area contributed by atoms with Crippen molar-refractivity contribution in [3.63, 3.8) is 0 Å². The first-order chi connectivity index (χ1) is 13.5. The molecule has 2 aromatic rings. The number of amides is 2. The Kier molecular flexibility index (Phi) is 5.04. The molecule has 1 saturated carbocycles. The molecule has 1 unspecified atom stereocenters. The van der Waals surface area contributed by atoms with E-state index in [9.17, 15) is 14.7 Å². The molecule has 0 bridgehead atoms. The van der Waals surface area contributed by atoms with Crippen LogP contribution in [0.3, 0.4) is 0 Å². The molecular formula is C20H24N4O4. The second-order valence-corrected chi connectivity index (χ2v) is 7.20. The van der Waals surface area contributed by atoms with Crippen molar-refractivity contribution in [3.8, 4) is 5.75 Å². The smallest absolute Gasteiger partial charge is 0.274 e. The van der Waals surface area contributed by atoms with Gasteiger partial charge < -0.3 is 20.1 Å². The summed E-state index contributed by atoms with van der Waals surface area (Å²) in [5, 5.41) is 16.8. The van der Waals surface area contributed by atoms with Crippen LogP contribution in [0.2, 0.25) is 0 Å². The minimum atomic E-state index is -0.726. The second-order valence-electron chi connectivity index (χ2n) is 7.20. The lowest BCUT2D eigenvalue weighted by molar-refractivity contribution is 0.0721. The number of aromatic nitrogens is 2. The van der Waals surface area contributed by atoms with Crippen LogP contribution in [0.5, 0.6) is 5.75 Å². The number of carbonyl (C=O) groups is 2. The number of benzene rings is 1. The lowest BCUT2D eigenvalue weighted by Crippen LogP contribution is -2.33. The summed E-state index contributed by atoms with van der Waals surface area (Å²) in [6.07, 6.45) is 1.21. The topological polar surface area (TPSA) is 96.7 Å². The van der Waals surface area contributed by atoms with Crippen LogP contribution in [-0.4, -0.2) is 56.9 Å². The van der Waals surface area contributed by atoms with Crippen LogP contribution in [0.15, 0.2) is 30.3 Å². The average Bonchev–Trinajstić information content (AvgIpc) is 3.46. The van der Waals surface area contributed by atoms with E-state index in [0.717, 1.165) is 24.2 Å². The third-order valence-electron chi connectivity index (χ3n) is 4.95. The molecule has 1 aliphatic carbocycles. The zero-order valence-corrected chi connectivity index (χ0v) is 15.8. The zero-order chi connectivity index (χ0) is 19.7. The van der Waals surface area contributed by atoms with Crippen molar-refractivity contribution in [3.05, 3.63) is 47.3 Å². The predicted octanol–water partition coefficient (Wildman–Crippen LogP) is 1.19.